The summed E-state index contributed by atoms with van der Waals surface area (Å²) in [6, 6.07) is 7.51. The summed E-state index contributed by atoms with van der Waals surface area (Å²) in [4.78, 5) is 16.7. The molecule has 8 nitrogen and oxygen atoms in total. The lowest BCUT2D eigenvalue weighted by Crippen LogP contribution is -2.36. The van der Waals surface area contributed by atoms with Crippen LogP contribution in [0.4, 0.5) is 0 Å². The van der Waals surface area contributed by atoms with Crippen LogP contribution in [0.5, 0.6) is 0 Å². The number of benzene rings is 1. The fraction of sp³-hybridized carbons (Fsp3) is 0.368. The minimum atomic E-state index is -0.411. The average Bonchev–Trinajstić information content (AvgIpc) is 3.32. The Balaban J connectivity index is 1.53. The van der Waals surface area contributed by atoms with E-state index in [1.54, 1.807) is 17.9 Å². The van der Waals surface area contributed by atoms with Crippen molar-refractivity contribution in [3.8, 4) is 11.5 Å². The number of aromatic nitrogens is 4. The third kappa shape index (κ3) is 4.59. The zero-order valence-corrected chi connectivity index (χ0v) is 15.8. The monoisotopic (exact) mass is 368 g/mol. The molecule has 0 fully saturated rings. The lowest BCUT2D eigenvalue weighted by atomic mass is 10.1. The highest BCUT2D eigenvalue weighted by molar-refractivity contribution is 5.83. The maximum Gasteiger partial charge on any atom is 0.257 e. The van der Waals surface area contributed by atoms with E-state index < -0.39 is 6.04 Å². The van der Waals surface area contributed by atoms with Crippen molar-refractivity contribution in [3.63, 3.8) is 0 Å². The first-order chi connectivity index (χ1) is 13.1. The summed E-state index contributed by atoms with van der Waals surface area (Å²) in [5, 5.41) is 14.0. The molecule has 2 N–H and O–H groups in total. The zero-order chi connectivity index (χ0) is 19.2. The van der Waals surface area contributed by atoms with Gasteiger partial charge in [-0.25, -0.2) is 0 Å². The van der Waals surface area contributed by atoms with Gasteiger partial charge in [0.25, 0.3) is 5.89 Å². The number of carbonyl (C=O) groups excluding carboxylic acids is 1. The Morgan fingerprint density at radius 3 is 2.67 bits per heavy atom. The summed E-state index contributed by atoms with van der Waals surface area (Å²) >= 11 is 0. The Kier molecular flexibility index (Phi) is 5.97. The molecule has 0 bridgehead atoms. The molecule has 3 aromatic rings. The van der Waals surface area contributed by atoms with Gasteiger partial charge in [0, 0.05) is 37.3 Å². The summed E-state index contributed by atoms with van der Waals surface area (Å²) in [6.07, 6.45) is 5.01. The van der Waals surface area contributed by atoms with Gasteiger partial charge in [-0.15, -0.1) is 0 Å². The Morgan fingerprint density at radius 1 is 1.30 bits per heavy atom. The van der Waals surface area contributed by atoms with Crippen LogP contribution >= 0.6 is 0 Å². The quantitative estimate of drug-likeness (QED) is 0.627. The first-order valence-electron chi connectivity index (χ1n) is 8.96. The van der Waals surface area contributed by atoms with E-state index in [-0.39, 0.29) is 5.91 Å². The SMILES string of the molecule is CCc1noc(-c2ccc(CCNC(=O)C(NC)c3cnn(C)c3)cc2)n1. The van der Waals surface area contributed by atoms with Crippen molar-refractivity contribution in [2.75, 3.05) is 13.6 Å². The number of hydrogen-bond acceptors (Lipinski definition) is 6. The van der Waals surface area contributed by atoms with E-state index in [9.17, 15) is 4.79 Å². The molecule has 0 aliphatic carbocycles. The molecule has 142 valence electrons. The third-order valence-electron chi connectivity index (χ3n) is 4.31. The third-order valence-corrected chi connectivity index (χ3v) is 4.31. The van der Waals surface area contributed by atoms with Gasteiger partial charge < -0.3 is 15.2 Å². The van der Waals surface area contributed by atoms with Crippen molar-refractivity contribution in [1.29, 1.82) is 0 Å². The number of carbonyl (C=O) groups is 1. The molecule has 2 heterocycles. The number of amides is 1. The molecular weight excluding hydrogens is 344 g/mol. The Labute approximate surface area is 158 Å². The molecule has 1 aromatic carbocycles. The van der Waals surface area contributed by atoms with Crippen LogP contribution in [0, 0.1) is 0 Å². The molecule has 27 heavy (non-hydrogen) atoms. The first kappa shape index (κ1) is 18.8. The van der Waals surface area contributed by atoms with Gasteiger partial charge in [-0.3, -0.25) is 9.48 Å². The predicted molar refractivity (Wildman–Crippen MR) is 101 cm³/mol. The van der Waals surface area contributed by atoms with Crippen molar-refractivity contribution >= 4 is 5.91 Å². The van der Waals surface area contributed by atoms with Gasteiger partial charge in [0.2, 0.25) is 5.91 Å². The van der Waals surface area contributed by atoms with Crippen LogP contribution in [-0.2, 0) is 24.7 Å². The lowest BCUT2D eigenvalue weighted by molar-refractivity contribution is -0.123. The van der Waals surface area contributed by atoms with E-state index in [0.29, 0.717) is 18.3 Å². The molecule has 0 saturated heterocycles. The van der Waals surface area contributed by atoms with E-state index in [2.05, 4.69) is 25.9 Å². The van der Waals surface area contributed by atoms with E-state index in [4.69, 9.17) is 4.52 Å². The predicted octanol–water partition coefficient (Wildman–Crippen LogP) is 1.65. The van der Waals surface area contributed by atoms with Crippen LogP contribution in [0.3, 0.4) is 0 Å². The highest BCUT2D eigenvalue weighted by atomic mass is 16.5. The molecule has 1 unspecified atom stereocenters. The number of rotatable bonds is 8. The fourth-order valence-corrected chi connectivity index (χ4v) is 2.80. The highest BCUT2D eigenvalue weighted by Crippen LogP contribution is 2.18. The molecule has 0 radical (unpaired) electrons. The molecule has 0 spiro atoms. The second-order valence-corrected chi connectivity index (χ2v) is 6.28. The van der Waals surface area contributed by atoms with Crippen LogP contribution in [0.15, 0.2) is 41.2 Å². The van der Waals surface area contributed by atoms with Gasteiger partial charge in [-0.1, -0.05) is 24.2 Å². The van der Waals surface area contributed by atoms with E-state index in [1.165, 1.54) is 0 Å². The van der Waals surface area contributed by atoms with Crippen LogP contribution < -0.4 is 10.6 Å². The maximum absolute atomic E-state index is 12.4. The van der Waals surface area contributed by atoms with E-state index in [1.807, 2.05) is 44.4 Å². The summed E-state index contributed by atoms with van der Waals surface area (Å²) < 4.78 is 6.93. The molecule has 0 saturated carbocycles. The summed E-state index contributed by atoms with van der Waals surface area (Å²) in [7, 11) is 3.59. The van der Waals surface area contributed by atoms with Gasteiger partial charge in [0.15, 0.2) is 5.82 Å². The van der Waals surface area contributed by atoms with Gasteiger partial charge >= 0.3 is 0 Å². The summed E-state index contributed by atoms with van der Waals surface area (Å²) in [6.45, 7) is 2.54. The van der Waals surface area contributed by atoms with Crippen molar-refractivity contribution in [2.45, 2.75) is 25.8 Å². The Bertz CT molecular complexity index is 884. The smallest absolute Gasteiger partial charge is 0.257 e. The van der Waals surface area contributed by atoms with Crippen LogP contribution in [-0.4, -0.2) is 39.4 Å². The van der Waals surface area contributed by atoms with E-state index >= 15 is 0 Å². The highest BCUT2D eigenvalue weighted by Gasteiger charge is 2.19. The van der Waals surface area contributed by atoms with Gasteiger partial charge in [0.1, 0.15) is 6.04 Å². The van der Waals surface area contributed by atoms with Crippen LogP contribution in [0.1, 0.15) is 29.9 Å². The number of likely N-dealkylation sites (N-methyl/N-ethyl adjacent to an activating group) is 1. The van der Waals surface area contributed by atoms with Gasteiger partial charge in [0.05, 0.1) is 6.20 Å². The molecule has 1 amide bonds. The maximum atomic E-state index is 12.4. The van der Waals surface area contributed by atoms with Crippen molar-refractivity contribution in [1.82, 2.24) is 30.6 Å². The molecule has 0 aliphatic heterocycles. The molecule has 1 atom stereocenters. The number of aryl methyl sites for hydroxylation is 2. The van der Waals surface area contributed by atoms with Crippen LogP contribution in [0.25, 0.3) is 11.5 Å². The summed E-state index contributed by atoms with van der Waals surface area (Å²) in [5.74, 6) is 1.16. The standard InChI is InChI=1S/C19H24N6O2/c1-4-16-23-19(27-24-16)14-7-5-13(6-8-14)9-10-21-18(26)17(20-2)15-11-22-25(3)12-15/h5-8,11-12,17,20H,4,9-10H2,1-3H3,(H,21,26). The normalized spacial score (nSPS) is 12.1. The van der Waals surface area contributed by atoms with Gasteiger partial charge in [-0.2, -0.15) is 10.1 Å². The first-order valence-corrected chi connectivity index (χ1v) is 8.96. The van der Waals surface area contributed by atoms with Crippen molar-refractivity contribution < 1.29 is 9.32 Å². The van der Waals surface area contributed by atoms with E-state index in [0.717, 1.165) is 29.5 Å². The van der Waals surface area contributed by atoms with Crippen molar-refractivity contribution in [2.24, 2.45) is 7.05 Å². The Hall–Kier alpha value is -3.00. The molecule has 0 aliphatic rings. The molecule has 3 rings (SSSR count). The molecular formula is C19H24N6O2. The second-order valence-electron chi connectivity index (χ2n) is 6.28. The second kappa shape index (κ2) is 8.59. The largest absolute Gasteiger partial charge is 0.354 e. The lowest BCUT2D eigenvalue weighted by Gasteiger charge is -2.14. The van der Waals surface area contributed by atoms with Crippen molar-refractivity contribution in [3.05, 3.63) is 53.6 Å². The summed E-state index contributed by atoms with van der Waals surface area (Å²) in [5.41, 5.74) is 2.85. The minimum absolute atomic E-state index is 0.0694. The number of nitrogens with one attached hydrogen (secondary N) is 2. The van der Waals surface area contributed by atoms with Crippen LogP contribution in [0.2, 0.25) is 0 Å². The topological polar surface area (TPSA) is 97.9 Å². The molecule has 8 heteroatoms. The average molecular weight is 368 g/mol. The molecule has 2 aromatic heterocycles. The fourth-order valence-electron chi connectivity index (χ4n) is 2.80. The zero-order valence-electron chi connectivity index (χ0n) is 15.8. The minimum Gasteiger partial charge on any atom is -0.354 e. The Morgan fingerprint density at radius 2 is 2.07 bits per heavy atom. The number of nitrogens with zero attached hydrogens (tertiary/aromatic N) is 4. The number of hydrogen-bond donors (Lipinski definition) is 2. The van der Waals surface area contributed by atoms with Gasteiger partial charge in [-0.05, 0) is 31.2 Å².